The predicted molar refractivity (Wildman–Crippen MR) is 74.7 cm³/mol. The standard InChI is InChI=1S/C14H21BrN2/c1-3-12(15)10(2)14-11-7-5-4-6-8-13(11)16-9-17-14/h9-10,12H,3-8H2,1-2H3. The van der Waals surface area contributed by atoms with E-state index in [0.717, 1.165) is 12.8 Å². The Morgan fingerprint density at radius 1 is 1.24 bits per heavy atom. The molecule has 0 fully saturated rings. The Kier molecular flexibility index (Phi) is 4.55. The average molecular weight is 297 g/mol. The molecule has 2 rings (SSSR count). The normalized spacial score (nSPS) is 19.2. The molecule has 1 aromatic rings. The lowest BCUT2D eigenvalue weighted by atomic mass is 9.94. The Labute approximate surface area is 112 Å². The Morgan fingerprint density at radius 3 is 2.76 bits per heavy atom. The Hall–Kier alpha value is -0.440. The minimum absolute atomic E-state index is 0.481. The van der Waals surface area contributed by atoms with Gasteiger partial charge in [-0.25, -0.2) is 9.97 Å². The summed E-state index contributed by atoms with van der Waals surface area (Å²) < 4.78 is 0. The third-order valence-corrected chi connectivity index (χ3v) is 5.21. The maximum Gasteiger partial charge on any atom is 0.115 e. The molecule has 94 valence electrons. The van der Waals surface area contributed by atoms with Gasteiger partial charge < -0.3 is 0 Å². The predicted octanol–water partition coefficient (Wildman–Crippen LogP) is 4.02. The number of alkyl halides is 1. The number of nitrogens with zero attached hydrogens (tertiary/aromatic N) is 2. The van der Waals surface area contributed by atoms with Crippen molar-refractivity contribution >= 4 is 15.9 Å². The van der Waals surface area contributed by atoms with Gasteiger partial charge in [0.25, 0.3) is 0 Å². The van der Waals surface area contributed by atoms with Crippen LogP contribution in [-0.2, 0) is 12.8 Å². The van der Waals surface area contributed by atoms with E-state index in [1.54, 1.807) is 6.33 Å². The smallest absolute Gasteiger partial charge is 0.115 e. The molecule has 1 aliphatic carbocycles. The summed E-state index contributed by atoms with van der Waals surface area (Å²) in [5.74, 6) is 0.481. The molecule has 0 N–H and O–H groups in total. The third-order valence-electron chi connectivity index (χ3n) is 3.77. The largest absolute Gasteiger partial charge is 0.241 e. The van der Waals surface area contributed by atoms with Gasteiger partial charge in [-0.3, -0.25) is 0 Å². The average Bonchev–Trinajstić information content (AvgIpc) is 2.61. The summed E-state index contributed by atoms with van der Waals surface area (Å²) >= 11 is 3.77. The topological polar surface area (TPSA) is 25.8 Å². The molecule has 0 saturated heterocycles. The van der Waals surface area contributed by atoms with E-state index in [9.17, 15) is 0 Å². The number of hydrogen-bond donors (Lipinski definition) is 0. The molecular weight excluding hydrogens is 276 g/mol. The molecule has 0 amide bonds. The van der Waals surface area contributed by atoms with Crippen LogP contribution in [0.2, 0.25) is 0 Å². The van der Waals surface area contributed by atoms with Crippen LogP contribution in [0.5, 0.6) is 0 Å². The maximum absolute atomic E-state index is 4.56. The van der Waals surface area contributed by atoms with E-state index in [1.807, 2.05) is 0 Å². The first-order chi connectivity index (χ1) is 8.24. The molecule has 0 aliphatic heterocycles. The van der Waals surface area contributed by atoms with Gasteiger partial charge in [0.2, 0.25) is 0 Å². The molecule has 2 nitrogen and oxygen atoms in total. The molecule has 1 heterocycles. The zero-order valence-corrected chi connectivity index (χ0v) is 12.3. The van der Waals surface area contributed by atoms with Crippen molar-refractivity contribution in [1.82, 2.24) is 9.97 Å². The minimum Gasteiger partial charge on any atom is -0.241 e. The number of hydrogen-bond acceptors (Lipinski definition) is 2. The van der Waals surface area contributed by atoms with Crippen LogP contribution in [0.25, 0.3) is 0 Å². The second kappa shape index (κ2) is 5.94. The van der Waals surface area contributed by atoms with Gasteiger partial charge in [0.1, 0.15) is 6.33 Å². The van der Waals surface area contributed by atoms with Crippen molar-refractivity contribution in [1.29, 1.82) is 0 Å². The fourth-order valence-corrected chi connectivity index (χ4v) is 2.89. The van der Waals surface area contributed by atoms with E-state index < -0.39 is 0 Å². The number of rotatable bonds is 3. The quantitative estimate of drug-likeness (QED) is 0.622. The molecule has 3 heteroatoms. The van der Waals surface area contributed by atoms with Crippen LogP contribution in [-0.4, -0.2) is 14.8 Å². The highest BCUT2D eigenvalue weighted by molar-refractivity contribution is 9.09. The first kappa shape index (κ1) is 13.0. The number of halogens is 1. The molecule has 17 heavy (non-hydrogen) atoms. The lowest BCUT2D eigenvalue weighted by Gasteiger charge is -2.20. The van der Waals surface area contributed by atoms with Crippen molar-refractivity contribution in [3.05, 3.63) is 23.3 Å². The van der Waals surface area contributed by atoms with E-state index in [1.165, 1.54) is 42.6 Å². The van der Waals surface area contributed by atoms with Crippen molar-refractivity contribution in [3.8, 4) is 0 Å². The van der Waals surface area contributed by atoms with E-state index in [2.05, 4.69) is 39.7 Å². The molecule has 2 atom stereocenters. The van der Waals surface area contributed by atoms with Crippen LogP contribution in [0.4, 0.5) is 0 Å². The highest BCUT2D eigenvalue weighted by Gasteiger charge is 2.22. The lowest BCUT2D eigenvalue weighted by Crippen LogP contribution is -2.14. The highest BCUT2D eigenvalue weighted by Crippen LogP contribution is 2.31. The molecule has 0 spiro atoms. The second-order valence-electron chi connectivity index (χ2n) is 4.96. The van der Waals surface area contributed by atoms with Gasteiger partial charge in [0.15, 0.2) is 0 Å². The van der Waals surface area contributed by atoms with Crippen LogP contribution in [0.1, 0.15) is 62.4 Å². The van der Waals surface area contributed by atoms with Gasteiger partial charge in [0, 0.05) is 16.4 Å². The van der Waals surface area contributed by atoms with Crippen molar-refractivity contribution in [3.63, 3.8) is 0 Å². The second-order valence-corrected chi connectivity index (χ2v) is 6.13. The molecule has 0 aromatic carbocycles. The van der Waals surface area contributed by atoms with E-state index >= 15 is 0 Å². The van der Waals surface area contributed by atoms with Gasteiger partial charge in [-0.2, -0.15) is 0 Å². The van der Waals surface area contributed by atoms with Crippen LogP contribution < -0.4 is 0 Å². The summed E-state index contributed by atoms with van der Waals surface area (Å²) in [5, 5.41) is 0. The Bertz CT molecular complexity index is 378. The van der Waals surface area contributed by atoms with Crippen LogP contribution in [0.15, 0.2) is 6.33 Å². The van der Waals surface area contributed by atoms with Gasteiger partial charge in [0.05, 0.1) is 5.69 Å². The zero-order valence-electron chi connectivity index (χ0n) is 10.7. The summed E-state index contributed by atoms with van der Waals surface area (Å²) in [6.07, 6.45) is 9.10. The number of aryl methyl sites for hydroxylation is 1. The van der Waals surface area contributed by atoms with E-state index in [-0.39, 0.29) is 0 Å². The first-order valence-corrected chi connectivity index (χ1v) is 7.62. The van der Waals surface area contributed by atoms with E-state index in [4.69, 9.17) is 0 Å². The molecule has 2 unspecified atom stereocenters. The van der Waals surface area contributed by atoms with Crippen LogP contribution in [0, 0.1) is 0 Å². The van der Waals surface area contributed by atoms with Gasteiger partial charge in [-0.05, 0) is 37.7 Å². The van der Waals surface area contributed by atoms with Crippen molar-refractivity contribution < 1.29 is 0 Å². The number of aromatic nitrogens is 2. The molecule has 1 aliphatic rings. The molecule has 1 aromatic heterocycles. The molecular formula is C14H21BrN2. The summed E-state index contributed by atoms with van der Waals surface area (Å²) in [6.45, 7) is 4.49. The fraction of sp³-hybridized carbons (Fsp3) is 0.714. The Morgan fingerprint density at radius 2 is 2.00 bits per heavy atom. The van der Waals surface area contributed by atoms with Gasteiger partial charge in [-0.15, -0.1) is 0 Å². The fourth-order valence-electron chi connectivity index (χ4n) is 2.64. The molecule has 0 radical (unpaired) electrons. The van der Waals surface area contributed by atoms with E-state index in [0.29, 0.717) is 10.7 Å². The molecule has 0 bridgehead atoms. The van der Waals surface area contributed by atoms with Crippen molar-refractivity contribution in [2.75, 3.05) is 0 Å². The van der Waals surface area contributed by atoms with Gasteiger partial charge >= 0.3 is 0 Å². The number of fused-ring (bicyclic) bond motifs is 1. The summed E-state index contributed by atoms with van der Waals surface area (Å²) in [7, 11) is 0. The van der Waals surface area contributed by atoms with Crippen LogP contribution in [0.3, 0.4) is 0 Å². The highest BCUT2D eigenvalue weighted by atomic mass is 79.9. The molecule has 0 saturated carbocycles. The maximum atomic E-state index is 4.56. The summed E-state index contributed by atoms with van der Waals surface area (Å²) in [6, 6.07) is 0. The first-order valence-electron chi connectivity index (χ1n) is 6.70. The lowest BCUT2D eigenvalue weighted by molar-refractivity contribution is 0.655. The summed E-state index contributed by atoms with van der Waals surface area (Å²) in [5.41, 5.74) is 4.02. The van der Waals surface area contributed by atoms with Crippen molar-refractivity contribution in [2.45, 2.75) is 63.1 Å². The minimum atomic E-state index is 0.481. The SMILES string of the molecule is CCC(Br)C(C)c1ncnc2c1CCCCC2. The third kappa shape index (κ3) is 2.87. The zero-order chi connectivity index (χ0) is 12.3. The Balaban J connectivity index is 2.34. The van der Waals surface area contributed by atoms with Crippen molar-refractivity contribution in [2.24, 2.45) is 0 Å². The monoisotopic (exact) mass is 296 g/mol. The summed E-state index contributed by atoms with van der Waals surface area (Å²) in [4.78, 5) is 9.56. The van der Waals surface area contributed by atoms with Crippen LogP contribution >= 0.6 is 15.9 Å². The van der Waals surface area contributed by atoms with Gasteiger partial charge in [-0.1, -0.05) is 36.2 Å².